The Kier molecular flexibility index (Phi) is 3.53. The summed E-state index contributed by atoms with van der Waals surface area (Å²) in [5.74, 6) is 0.624. The number of hydrogen-bond acceptors (Lipinski definition) is 5. The van der Waals surface area contributed by atoms with Gasteiger partial charge in [-0.25, -0.2) is 4.98 Å². The number of ether oxygens (including phenoxy) is 1. The van der Waals surface area contributed by atoms with Gasteiger partial charge in [-0.3, -0.25) is 4.79 Å². The SMILES string of the molecule is COc1ccc(C2(C#N)CCc3nc[nH]c(=O)c3C2)c2c1oc1ccccc12. The zero-order valence-corrected chi connectivity index (χ0v) is 15.3. The van der Waals surface area contributed by atoms with Gasteiger partial charge < -0.3 is 14.1 Å². The van der Waals surface area contributed by atoms with E-state index >= 15 is 0 Å². The third kappa shape index (κ3) is 2.20. The van der Waals surface area contributed by atoms with Crippen LogP contribution in [-0.4, -0.2) is 17.1 Å². The molecule has 1 atom stereocenters. The molecule has 2 heterocycles. The highest BCUT2D eigenvalue weighted by molar-refractivity contribution is 6.09. The smallest absolute Gasteiger partial charge is 0.254 e. The molecule has 5 rings (SSSR count). The Morgan fingerprint density at radius 2 is 2.14 bits per heavy atom. The Morgan fingerprint density at radius 3 is 2.96 bits per heavy atom. The van der Waals surface area contributed by atoms with Crippen molar-refractivity contribution in [1.82, 2.24) is 9.97 Å². The first-order valence-electron chi connectivity index (χ1n) is 9.12. The van der Waals surface area contributed by atoms with Gasteiger partial charge in [0.15, 0.2) is 11.3 Å². The van der Waals surface area contributed by atoms with Gasteiger partial charge in [-0.15, -0.1) is 0 Å². The molecule has 1 aliphatic carbocycles. The number of aromatic nitrogens is 2. The van der Waals surface area contributed by atoms with Crippen molar-refractivity contribution >= 4 is 21.9 Å². The second-order valence-corrected chi connectivity index (χ2v) is 7.15. The Labute approximate surface area is 160 Å². The number of aromatic amines is 1. The summed E-state index contributed by atoms with van der Waals surface area (Å²) in [6.07, 6.45) is 2.92. The van der Waals surface area contributed by atoms with Crippen LogP contribution in [0.4, 0.5) is 0 Å². The lowest BCUT2D eigenvalue weighted by Crippen LogP contribution is -2.36. The number of benzene rings is 2. The van der Waals surface area contributed by atoms with Crippen molar-refractivity contribution in [3.8, 4) is 11.8 Å². The molecule has 0 radical (unpaired) electrons. The molecule has 0 bridgehead atoms. The van der Waals surface area contributed by atoms with Gasteiger partial charge in [0.25, 0.3) is 5.56 Å². The van der Waals surface area contributed by atoms with Crippen LogP contribution in [0.5, 0.6) is 5.75 Å². The molecule has 2 aromatic carbocycles. The second kappa shape index (κ2) is 5.96. The van der Waals surface area contributed by atoms with Gasteiger partial charge in [-0.2, -0.15) is 5.26 Å². The Balaban J connectivity index is 1.82. The fourth-order valence-electron chi connectivity index (χ4n) is 4.33. The van der Waals surface area contributed by atoms with E-state index in [9.17, 15) is 10.1 Å². The molecular weight excluding hydrogens is 354 g/mol. The number of nitrogens with zero attached hydrogens (tertiary/aromatic N) is 2. The van der Waals surface area contributed by atoms with Gasteiger partial charge in [0.1, 0.15) is 5.58 Å². The predicted molar refractivity (Wildman–Crippen MR) is 104 cm³/mol. The van der Waals surface area contributed by atoms with E-state index in [4.69, 9.17) is 9.15 Å². The van der Waals surface area contributed by atoms with E-state index in [1.807, 2.05) is 36.4 Å². The lowest BCUT2D eigenvalue weighted by molar-refractivity contribution is 0.411. The van der Waals surface area contributed by atoms with E-state index in [0.29, 0.717) is 36.2 Å². The average molecular weight is 371 g/mol. The van der Waals surface area contributed by atoms with Crippen LogP contribution < -0.4 is 10.3 Å². The van der Waals surface area contributed by atoms with E-state index in [0.717, 1.165) is 27.6 Å². The standard InChI is InChI=1S/C22H17N3O3/c1-27-18-7-6-15(19-13-4-2-3-5-17(13)28-20(18)19)22(11-23)9-8-16-14(10-22)21(26)25-12-24-16/h2-7,12H,8-10H2,1H3,(H,24,25,26). The van der Waals surface area contributed by atoms with E-state index in [-0.39, 0.29) is 5.56 Å². The van der Waals surface area contributed by atoms with Gasteiger partial charge in [-0.1, -0.05) is 24.3 Å². The summed E-state index contributed by atoms with van der Waals surface area (Å²) in [5.41, 5.74) is 2.59. The highest BCUT2D eigenvalue weighted by Gasteiger charge is 2.40. The number of para-hydroxylation sites is 1. The van der Waals surface area contributed by atoms with Crippen LogP contribution in [-0.2, 0) is 18.3 Å². The lowest BCUT2D eigenvalue weighted by Gasteiger charge is -2.32. The van der Waals surface area contributed by atoms with Gasteiger partial charge >= 0.3 is 0 Å². The molecule has 0 saturated carbocycles. The van der Waals surface area contributed by atoms with E-state index in [1.165, 1.54) is 6.33 Å². The molecule has 6 nitrogen and oxygen atoms in total. The Hall–Kier alpha value is -3.59. The molecular formula is C22H17N3O3. The summed E-state index contributed by atoms with van der Waals surface area (Å²) >= 11 is 0. The molecule has 0 saturated heterocycles. The first kappa shape index (κ1) is 16.6. The largest absolute Gasteiger partial charge is 0.493 e. The summed E-state index contributed by atoms with van der Waals surface area (Å²) in [6, 6.07) is 14.0. The van der Waals surface area contributed by atoms with Crippen LogP contribution in [0.15, 0.2) is 51.9 Å². The van der Waals surface area contributed by atoms with Crippen molar-refractivity contribution in [3.05, 3.63) is 69.9 Å². The molecule has 0 spiro atoms. The van der Waals surface area contributed by atoms with Gasteiger partial charge in [0.05, 0.1) is 30.6 Å². The molecule has 0 aliphatic heterocycles. The van der Waals surface area contributed by atoms with Crippen molar-refractivity contribution in [2.75, 3.05) is 7.11 Å². The summed E-state index contributed by atoms with van der Waals surface area (Å²) in [5, 5.41) is 12.1. The third-order valence-corrected chi connectivity index (χ3v) is 5.75. The van der Waals surface area contributed by atoms with Crippen LogP contribution in [0.3, 0.4) is 0 Å². The number of hydrogen-bond donors (Lipinski definition) is 1. The third-order valence-electron chi connectivity index (χ3n) is 5.75. The zero-order chi connectivity index (χ0) is 19.3. The minimum Gasteiger partial charge on any atom is -0.493 e. The monoisotopic (exact) mass is 371 g/mol. The van der Waals surface area contributed by atoms with Crippen molar-refractivity contribution in [2.24, 2.45) is 0 Å². The minimum absolute atomic E-state index is 0.175. The number of furan rings is 1. The maximum absolute atomic E-state index is 12.4. The van der Waals surface area contributed by atoms with Crippen LogP contribution >= 0.6 is 0 Å². The number of aryl methyl sites for hydroxylation is 1. The number of methoxy groups -OCH3 is 1. The maximum Gasteiger partial charge on any atom is 0.254 e. The summed E-state index contributed by atoms with van der Waals surface area (Å²) in [6.45, 7) is 0. The molecule has 28 heavy (non-hydrogen) atoms. The van der Waals surface area contributed by atoms with E-state index in [1.54, 1.807) is 7.11 Å². The van der Waals surface area contributed by atoms with Crippen LogP contribution in [0.25, 0.3) is 21.9 Å². The Morgan fingerprint density at radius 1 is 1.29 bits per heavy atom. The van der Waals surface area contributed by atoms with Gasteiger partial charge in [-0.05, 0) is 30.5 Å². The topological polar surface area (TPSA) is 91.9 Å². The quantitative estimate of drug-likeness (QED) is 0.581. The molecule has 0 fully saturated rings. The average Bonchev–Trinajstić information content (AvgIpc) is 3.13. The fraction of sp³-hybridized carbons (Fsp3) is 0.227. The first-order chi connectivity index (χ1) is 13.7. The summed E-state index contributed by atoms with van der Waals surface area (Å²) in [7, 11) is 1.60. The van der Waals surface area contributed by atoms with Gasteiger partial charge in [0.2, 0.25) is 0 Å². The summed E-state index contributed by atoms with van der Waals surface area (Å²) < 4.78 is 11.6. The Bertz CT molecular complexity index is 1330. The van der Waals surface area contributed by atoms with Gasteiger partial charge in [0, 0.05) is 22.8 Å². The molecule has 1 N–H and O–H groups in total. The van der Waals surface area contributed by atoms with Crippen LogP contribution in [0.2, 0.25) is 0 Å². The molecule has 1 aliphatic rings. The molecule has 6 heteroatoms. The second-order valence-electron chi connectivity index (χ2n) is 7.15. The van der Waals surface area contributed by atoms with Crippen molar-refractivity contribution in [2.45, 2.75) is 24.7 Å². The number of H-pyrrole nitrogens is 1. The zero-order valence-electron chi connectivity index (χ0n) is 15.3. The molecule has 0 amide bonds. The van der Waals surface area contributed by atoms with Crippen molar-refractivity contribution in [3.63, 3.8) is 0 Å². The highest BCUT2D eigenvalue weighted by Crippen LogP contribution is 2.45. The minimum atomic E-state index is -0.833. The normalized spacial score (nSPS) is 18.7. The number of nitrogens with one attached hydrogen (secondary N) is 1. The number of rotatable bonds is 2. The molecule has 138 valence electrons. The fourth-order valence-corrected chi connectivity index (χ4v) is 4.33. The summed E-state index contributed by atoms with van der Waals surface area (Å²) in [4.78, 5) is 19.3. The predicted octanol–water partition coefficient (Wildman–Crippen LogP) is 3.63. The van der Waals surface area contributed by atoms with Crippen molar-refractivity contribution in [1.29, 1.82) is 5.26 Å². The molecule has 1 unspecified atom stereocenters. The van der Waals surface area contributed by atoms with Crippen molar-refractivity contribution < 1.29 is 9.15 Å². The van der Waals surface area contributed by atoms with Crippen LogP contribution in [0.1, 0.15) is 23.2 Å². The molecule has 4 aromatic rings. The number of fused-ring (bicyclic) bond motifs is 4. The lowest BCUT2D eigenvalue weighted by atomic mass is 9.68. The first-order valence-corrected chi connectivity index (χ1v) is 9.12. The highest BCUT2D eigenvalue weighted by atomic mass is 16.5. The van der Waals surface area contributed by atoms with E-state index in [2.05, 4.69) is 16.0 Å². The van der Waals surface area contributed by atoms with Crippen LogP contribution in [0, 0.1) is 11.3 Å². The molecule has 2 aromatic heterocycles. The maximum atomic E-state index is 12.4. The number of nitriles is 1. The van der Waals surface area contributed by atoms with E-state index < -0.39 is 5.41 Å².